The number of amides is 1. The van der Waals surface area contributed by atoms with E-state index in [-0.39, 0.29) is 43.2 Å². The Morgan fingerprint density at radius 3 is 1.71 bits per heavy atom. The van der Waals surface area contributed by atoms with Gasteiger partial charge in [-0.3, -0.25) is 36.7 Å². The Hall–Kier alpha value is -3.99. The summed E-state index contributed by atoms with van der Waals surface area (Å²) in [6.07, 6.45) is -4.38. The first-order chi connectivity index (χ1) is 30.9. The van der Waals surface area contributed by atoms with Crippen molar-refractivity contribution < 1.29 is 93.7 Å². The van der Waals surface area contributed by atoms with Crippen LogP contribution in [0.5, 0.6) is 0 Å². The van der Waals surface area contributed by atoms with Crippen LogP contribution in [-0.4, -0.2) is 95.2 Å². The molecule has 0 bridgehead atoms. The number of ether oxygens (including phenoxy) is 2. The number of aliphatic hydroxyl groups is 4. The second-order valence-corrected chi connectivity index (χ2v) is 18.9. The number of ketones is 1. The molecule has 65 heavy (non-hydrogen) atoms. The van der Waals surface area contributed by atoms with E-state index in [4.69, 9.17) is 54.0 Å². The van der Waals surface area contributed by atoms with Crippen molar-refractivity contribution in [3.8, 4) is 0 Å². The number of pyridine rings is 2. The molecule has 4 saturated heterocycles. The third kappa shape index (κ3) is 11.9. The highest BCUT2D eigenvalue weighted by molar-refractivity contribution is 7.48. The molecule has 0 spiro atoms. The number of primary amides is 1. The lowest BCUT2D eigenvalue weighted by Crippen LogP contribution is -2.46. The van der Waals surface area contributed by atoms with Gasteiger partial charge in [-0.05, 0) is 54.4 Å². The smallest absolute Gasteiger partial charge is 0.387 e. The number of benzene rings is 2. The fourth-order valence-corrected chi connectivity index (χ4v) is 10.3. The van der Waals surface area contributed by atoms with E-state index in [0.717, 1.165) is 17.7 Å². The Morgan fingerprint density at radius 1 is 0.723 bits per heavy atom. The van der Waals surface area contributed by atoms with Crippen molar-refractivity contribution in [1.82, 2.24) is 0 Å². The molecule has 8 rings (SSSR count). The summed E-state index contributed by atoms with van der Waals surface area (Å²) in [6.45, 7) is 0.675. The minimum Gasteiger partial charge on any atom is -0.387 e. The van der Waals surface area contributed by atoms with Gasteiger partial charge in [0.1, 0.15) is 41.6 Å². The molecule has 4 unspecified atom stereocenters. The number of Topliss-reactive ketones (excluding diaryl/α,β-unsaturated/α-hetero) is 1. The molecule has 0 radical (unpaired) electrons. The first kappa shape index (κ1) is 48.9. The number of hydrogen-bond acceptors (Lipinski definition) is 16. The van der Waals surface area contributed by atoms with E-state index in [1.165, 1.54) is 34.5 Å². The van der Waals surface area contributed by atoms with Crippen LogP contribution in [0.3, 0.4) is 0 Å². The number of carbonyl (C=O) groups is 2. The van der Waals surface area contributed by atoms with Crippen LogP contribution in [-0.2, 0) is 45.7 Å². The van der Waals surface area contributed by atoms with Crippen LogP contribution in [0.25, 0.3) is 0 Å². The molecule has 24 heteroatoms. The van der Waals surface area contributed by atoms with Gasteiger partial charge >= 0.3 is 15.6 Å². The van der Waals surface area contributed by atoms with E-state index >= 15 is 0 Å². The molecule has 1 amide bonds. The summed E-state index contributed by atoms with van der Waals surface area (Å²) in [5.41, 5.74) is 6.76. The Kier molecular flexibility index (Phi) is 15.7. The summed E-state index contributed by atoms with van der Waals surface area (Å²) in [6, 6.07) is 16.1. The van der Waals surface area contributed by atoms with Gasteiger partial charge in [-0.1, -0.05) is 23.7 Å². The zero-order valence-electron chi connectivity index (χ0n) is 34.4. The Bertz CT molecular complexity index is 2440. The summed E-state index contributed by atoms with van der Waals surface area (Å²) in [7, 11) is -8.09. The van der Waals surface area contributed by atoms with Crippen LogP contribution < -0.4 is 14.9 Å². The van der Waals surface area contributed by atoms with Gasteiger partial charge < -0.3 is 35.6 Å². The Labute approximate surface area is 375 Å². The molecule has 0 saturated carbocycles. The zero-order chi connectivity index (χ0) is 46.6. The van der Waals surface area contributed by atoms with Crippen molar-refractivity contribution in [3.05, 3.63) is 130 Å². The first-order valence-corrected chi connectivity index (χ1v) is 23.4. The van der Waals surface area contributed by atoms with Crippen molar-refractivity contribution in [2.24, 2.45) is 5.73 Å². The maximum atomic E-state index is 13.5. The van der Waals surface area contributed by atoms with Crippen LogP contribution >= 0.6 is 27.2 Å². The number of aromatic nitrogens is 2. The number of hydrogen-bond donors (Lipinski definition) is 5. The van der Waals surface area contributed by atoms with Gasteiger partial charge in [0.05, 0.1) is 44.2 Å². The predicted molar refractivity (Wildman–Crippen MR) is 217 cm³/mol. The van der Waals surface area contributed by atoms with Crippen LogP contribution in [0.1, 0.15) is 76.3 Å². The summed E-state index contributed by atoms with van der Waals surface area (Å²) in [5, 5.41) is 42.1. The second kappa shape index (κ2) is 20.9. The number of nitrogens with zero attached hydrogens (tertiary/aromatic N) is 2. The SMILES string of the molecule is CC(=O)c1ccc[n+]([C@@H]2O[C@H](COP3(=O)OCC[C@@H](c4cc(F)cc(F)c4)O3)[C@H](O)C2O)c1.NC(=O)c1ccc[n+]([C@@H]2O[C@H](COP3(=O)OCC[C@@H](c4cccc(Cl)c4)O3)[C@H](O)C2O)c1. The van der Waals surface area contributed by atoms with Crippen LogP contribution in [0.4, 0.5) is 8.78 Å². The second-order valence-electron chi connectivity index (χ2n) is 15.3. The quantitative estimate of drug-likeness (QED) is 0.0763. The van der Waals surface area contributed by atoms with Gasteiger partial charge in [0.2, 0.25) is 0 Å². The molecule has 4 aromatic rings. The standard InChI is InChI=1S/C21H23F2NO8P.C20H22ClN2O8P/c1-12(25)13-3-2-5-24(10-13)21-20(27)19(26)18(31-21)11-30-33(28)29-6-4-17(32-33)14-7-15(22)9-16(23)8-14;21-14-5-1-3-12(9-14)15-6-8-28-32(27,31-15)29-11-16-17(24)18(25)20(30-16)23-7-2-4-13(10-23)19(22)26/h2-3,5,7-10,17-21,26-27H,4,6,11H2,1H3;1-5,7,9-10,15-18,20,24-25H,6,8,11H2,(H-,22,26)/q+1;/p+1/t17-,18+,19-,20?,21+,33?;15-,16+,17-,18?,20+,32?/m00/s1. The van der Waals surface area contributed by atoms with Gasteiger partial charge in [-0.25, -0.2) is 17.9 Å². The first-order valence-electron chi connectivity index (χ1n) is 20.1. The van der Waals surface area contributed by atoms with E-state index in [9.17, 15) is 47.9 Å². The Morgan fingerprint density at radius 2 is 1.22 bits per heavy atom. The number of aliphatic hydroxyl groups excluding tert-OH is 4. The molecule has 0 aliphatic carbocycles. The third-order valence-corrected chi connectivity index (χ3v) is 13.8. The van der Waals surface area contributed by atoms with E-state index in [1.807, 2.05) is 0 Å². The summed E-state index contributed by atoms with van der Waals surface area (Å²) in [4.78, 5) is 23.0. The topological polar surface area (TPSA) is 257 Å². The maximum absolute atomic E-state index is 13.5. The minimum absolute atomic E-state index is 0.0485. The fourth-order valence-electron chi connectivity index (χ4n) is 7.29. The highest BCUT2D eigenvalue weighted by atomic mass is 35.5. The maximum Gasteiger partial charge on any atom is 0.475 e. The lowest BCUT2D eigenvalue weighted by molar-refractivity contribution is -0.766. The monoisotopic (exact) mass is 971 g/mol. The average molecular weight is 972 g/mol. The van der Waals surface area contributed by atoms with E-state index in [1.54, 1.807) is 54.9 Å². The van der Waals surface area contributed by atoms with Gasteiger partial charge in [0.25, 0.3) is 18.4 Å². The fraction of sp³-hybridized carbons (Fsp3) is 0.415. The van der Waals surface area contributed by atoms with E-state index in [2.05, 4.69) is 0 Å². The molecule has 4 aliphatic heterocycles. The number of halogens is 3. The summed E-state index contributed by atoms with van der Waals surface area (Å²) in [5.74, 6) is -2.43. The highest BCUT2D eigenvalue weighted by Gasteiger charge is 2.51. The van der Waals surface area contributed by atoms with Gasteiger partial charge in [-0.2, -0.15) is 9.13 Å². The van der Waals surface area contributed by atoms with Crippen LogP contribution in [0, 0.1) is 11.6 Å². The zero-order valence-corrected chi connectivity index (χ0v) is 36.9. The molecule has 4 fully saturated rings. The number of phosphoric ester groups is 2. The lowest BCUT2D eigenvalue weighted by Gasteiger charge is -2.29. The molecule has 2 aromatic heterocycles. The Balaban J connectivity index is 0.000000194. The van der Waals surface area contributed by atoms with Crippen molar-refractivity contribution in [2.75, 3.05) is 26.4 Å². The number of nitrogens with two attached hydrogens (primary N) is 1. The largest absolute Gasteiger partial charge is 0.475 e. The molecule has 12 atom stereocenters. The molecule has 350 valence electrons. The van der Waals surface area contributed by atoms with Crippen molar-refractivity contribution >= 4 is 38.9 Å². The number of phosphoric acid groups is 2. The average Bonchev–Trinajstić information content (AvgIpc) is 3.73. The van der Waals surface area contributed by atoms with Crippen LogP contribution in [0.2, 0.25) is 5.02 Å². The molecule has 6 N–H and O–H groups in total. The van der Waals surface area contributed by atoms with Gasteiger partial charge in [0.15, 0.2) is 42.8 Å². The molecular formula is C41H46ClF2N3O16P2+2. The highest BCUT2D eigenvalue weighted by Crippen LogP contribution is 2.58. The lowest BCUT2D eigenvalue weighted by atomic mass is 10.1. The summed E-state index contributed by atoms with van der Waals surface area (Å²) >= 11 is 6.02. The van der Waals surface area contributed by atoms with Gasteiger partial charge in [-0.15, -0.1) is 0 Å². The van der Waals surface area contributed by atoms with Crippen molar-refractivity contribution in [1.29, 1.82) is 0 Å². The number of carbonyl (C=O) groups excluding carboxylic acids is 2. The predicted octanol–water partition coefficient (Wildman–Crippen LogP) is 4.03. The molecule has 19 nitrogen and oxygen atoms in total. The van der Waals surface area contributed by atoms with Gasteiger partial charge in [0, 0.05) is 36.1 Å². The molecule has 2 aromatic carbocycles. The van der Waals surface area contributed by atoms with E-state index < -0.39 is 101 Å². The molecule has 6 heterocycles. The minimum atomic E-state index is -4.15. The third-order valence-electron chi connectivity index (χ3n) is 10.6. The van der Waals surface area contributed by atoms with Crippen LogP contribution in [0.15, 0.2) is 91.5 Å². The van der Waals surface area contributed by atoms with E-state index in [0.29, 0.717) is 23.1 Å². The molecule has 4 aliphatic rings. The van der Waals surface area contributed by atoms with Crippen molar-refractivity contribution in [2.45, 2.75) is 81.1 Å². The van der Waals surface area contributed by atoms with Crippen molar-refractivity contribution in [3.63, 3.8) is 0 Å². The summed E-state index contributed by atoms with van der Waals surface area (Å²) < 4.78 is 99.2. The number of rotatable bonds is 12. The molecular weight excluding hydrogens is 926 g/mol. The normalized spacial score (nSPS) is 32.4.